The Balaban J connectivity index is 1.65. The predicted octanol–water partition coefficient (Wildman–Crippen LogP) is 2.51. The van der Waals surface area contributed by atoms with Crippen LogP contribution in [0.2, 0.25) is 0 Å². The Hall–Kier alpha value is -2.40. The molecule has 0 saturated carbocycles. The molecule has 1 amide bonds. The van der Waals surface area contributed by atoms with Gasteiger partial charge in [0.1, 0.15) is 0 Å². The first kappa shape index (κ1) is 16.5. The van der Waals surface area contributed by atoms with Crippen molar-refractivity contribution in [2.24, 2.45) is 5.73 Å². The Morgan fingerprint density at radius 3 is 2.71 bits per heavy atom. The Labute approximate surface area is 140 Å². The van der Waals surface area contributed by atoms with Gasteiger partial charge in [0.05, 0.1) is 12.5 Å². The molecule has 0 spiro atoms. The molecular formula is C19H21FN2O2. The summed E-state index contributed by atoms with van der Waals surface area (Å²) >= 11 is 0. The number of para-hydroxylation sites is 1. The first-order valence-corrected chi connectivity index (χ1v) is 8.16. The lowest BCUT2D eigenvalue weighted by Gasteiger charge is -2.25. The van der Waals surface area contributed by atoms with Gasteiger partial charge in [-0.2, -0.15) is 0 Å². The second-order valence-electron chi connectivity index (χ2n) is 5.92. The summed E-state index contributed by atoms with van der Waals surface area (Å²) in [6.45, 7) is 1.42. The molecule has 24 heavy (non-hydrogen) atoms. The number of halogens is 1. The summed E-state index contributed by atoms with van der Waals surface area (Å²) in [4.78, 5) is 12.5. The van der Waals surface area contributed by atoms with Crippen molar-refractivity contribution in [1.82, 2.24) is 5.32 Å². The molecule has 0 bridgehead atoms. The van der Waals surface area contributed by atoms with Crippen molar-refractivity contribution in [2.45, 2.75) is 25.3 Å². The molecule has 1 aliphatic heterocycles. The minimum atomic E-state index is -0.416. The SMILES string of the molecule is NCCc1ccc(CNC(=O)C2CCOc3c(F)cccc32)cc1. The number of amides is 1. The number of nitrogens with one attached hydrogen (secondary N) is 1. The smallest absolute Gasteiger partial charge is 0.228 e. The molecule has 0 fully saturated rings. The van der Waals surface area contributed by atoms with Gasteiger partial charge in [-0.15, -0.1) is 0 Å². The fourth-order valence-electron chi connectivity index (χ4n) is 2.96. The fraction of sp³-hybridized carbons (Fsp3) is 0.316. The fourth-order valence-corrected chi connectivity index (χ4v) is 2.96. The van der Waals surface area contributed by atoms with Crippen LogP contribution < -0.4 is 15.8 Å². The Morgan fingerprint density at radius 1 is 1.21 bits per heavy atom. The number of hydrogen-bond acceptors (Lipinski definition) is 3. The first-order chi connectivity index (χ1) is 11.7. The van der Waals surface area contributed by atoms with Gasteiger partial charge in [0.2, 0.25) is 5.91 Å². The van der Waals surface area contributed by atoms with E-state index in [1.807, 2.05) is 24.3 Å². The van der Waals surface area contributed by atoms with Crippen molar-refractivity contribution < 1.29 is 13.9 Å². The molecule has 0 aliphatic carbocycles. The van der Waals surface area contributed by atoms with Gasteiger partial charge in [-0.05, 0) is 36.6 Å². The van der Waals surface area contributed by atoms with Crippen LogP contribution in [0.3, 0.4) is 0 Å². The second-order valence-corrected chi connectivity index (χ2v) is 5.92. The monoisotopic (exact) mass is 328 g/mol. The maximum atomic E-state index is 13.8. The first-order valence-electron chi connectivity index (χ1n) is 8.16. The van der Waals surface area contributed by atoms with Crippen LogP contribution in [0.25, 0.3) is 0 Å². The zero-order valence-electron chi connectivity index (χ0n) is 13.4. The lowest BCUT2D eigenvalue weighted by Crippen LogP contribution is -2.32. The van der Waals surface area contributed by atoms with Gasteiger partial charge in [0.15, 0.2) is 11.6 Å². The minimum Gasteiger partial charge on any atom is -0.490 e. The molecule has 2 aromatic carbocycles. The number of nitrogens with two attached hydrogens (primary N) is 1. The average molecular weight is 328 g/mol. The van der Waals surface area contributed by atoms with Crippen LogP contribution in [0.1, 0.15) is 29.0 Å². The van der Waals surface area contributed by atoms with Crippen molar-refractivity contribution in [2.75, 3.05) is 13.2 Å². The van der Waals surface area contributed by atoms with Crippen molar-refractivity contribution in [1.29, 1.82) is 0 Å². The van der Waals surface area contributed by atoms with Crippen LogP contribution >= 0.6 is 0 Å². The topological polar surface area (TPSA) is 64.3 Å². The van der Waals surface area contributed by atoms with Crippen LogP contribution in [0.4, 0.5) is 4.39 Å². The number of rotatable bonds is 5. The number of benzene rings is 2. The summed E-state index contributed by atoms with van der Waals surface area (Å²) in [5.74, 6) is -0.687. The summed E-state index contributed by atoms with van der Waals surface area (Å²) in [5, 5.41) is 2.94. The van der Waals surface area contributed by atoms with Gasteiger partial charge >= 0.3 is 0 Å². The maximum Gasteiger partial charge on any atom is 0.228 e. The molecule has 0 radical (unpaired) electrons. The molecule has 1 unspecified atom stereocenters. The lowest BCUT2D eigenvalue weighted by molar-refractivity contribution is -0.123. The number of carbonyl (C=O) groups excluding carboxylic acids is 1. The van der Waals surface area contributed by atoms with E-state index >= 15 is 0 Å². The van der Waals surface area contributed by atoms with Crippen LogP contribution in [0, 0.1) is 5.82 Å². The normalized spacial score (nSPS) is 16.2. The van der Waals surface area contributed by atoms with E-state index in [0.29, 0.717) is 31.7 Å². The summed E-state index contributed by atoms with van der Waals surface area (Å²) in [6.07, 6.45) is 1.40. The highest BCUT2D eigenvalue weighted by atomic mass is 19.1. The van der Waals surface area contributed by atoms with E-state index in [0.717, 1.165) is 12.0 Å². The third-order valence-electron chi connectivity index (χ3n) is 4.26. The van der Waals surface area contributed by atoms with Crippen LogP contribution in [0.5, 0.6) is 5.75 Å². The van der Waals surface area contributed by atoms with E-state index in [4.69, 9.17) is 10.5 Å². The van der Waals surface area contributed by atoms with E-state index in [2.05, 4.69) is 5.32 Å². The predicted molar refractivity (Wildman–Crippen MR) is 90.3 cm³/mol. The maximum absolute atomic E-state index is 13.8. The van der Waals surface area contributed by atoms with E-state index < -0.39 is 5.82 Å². The van der Waals surface area contributed by atoms with E-state index in [-0.39, 0.29) is 17.6 Å². The molecule has 1 heterocycles. The third-order valence-corrected chi connectivity index (χ3v) is 4.26. The summed E-state index contributed by atoms with van der Waals surface area (Å²) in [7, 11) is 0. The Morgan fingerprint density at radius 2 is 1.96 bits per heavy atom. The van der Waals surface area contributed by atoms with Crippen molar-refractivity contribution >= 4 is 5.91 Å². The highest BCUT2D eigenvalue weighted by Gasteiger charge is 2.29. The molecule has 5 heteroatoms. The molecule has 0 aromatic heterocycles. The highest BCUT2D eigenvalue weighted by molar-refractivity contribution is 5.84. The molecule has 4 nitrogen and oxygen atoms in total. The van der Waals surface area contributed by atoms with Gasteiger partial charge in [0, 0.05) is 12.1 Å². The average Bonchev–Trinajstić information content (AvgIpc) is 2.61. The number of carbonyl (C=O) groups is 1. The highest BCUT2D eigenvalue weighted by Crippen LogP contribution is 2.35. The van der Waals surface area contributed by atoms with E-state index in [1.54, 1.807) is 12.1 Å². The van der Waals surface area contributed by atoms with Crippen molar-refractivity contribution in [3.05, 3.63) is 65.0 Å². The summed E-state index contributed by atoms with van der Waals surface area (Å²) in [6, 6.07) is 12.7. The molecule has 2 aromatic rings. The standard InChI is InChI=1S/C19H21FN2O2/c20-17-3-1-2-15-16(9-11-24-18(15)17)19(23)22-12-14-6-4-13(5-7-14)8-10-21/h1-7,16H,8-12,21H2,(H,22,23). The number of hydrogen-bond donors (Lipinski definition) is 2. The number of fused-ring (bicyclic) bond motifs is 1. The largest absolute Gasteiger partial charge is 0.490 e. The summed E-state index contributed by atoms with van der Waals surface area (Å²) in [5.41, 5.74) is 8.36. The molecule has 1 aliphatic rings. The Bertz CT molecular complexity index is 716. The van der Waals surface area contributed by atoms with E-state index in [9.17, 15) is 9.18 Å². The number of ether oxygens (including phenoxy) is 1. The quantitative estimate of drug-likeness (QED) is 0.886. The van der Waals surface area contributed by atoms with Gasteiger partial charge in [-0.3, -0.25) is 4.79 Å². The zero-order chi connectivity index (χ0) is 16.9. The van der Waals surface area contributed by atoms with Crippen LogP contribution in [0.15, 0.2) is 42.5 Å². The van der Waals surface area contributed by atoms with Crippen molar-refractivity contribution in [3.63, 3.8) is 0 Å². The molecule has 3 N–H and O–H groups in total. The van der Waals surface area contributed by atoms with Gasteiger partial charge in [-0.25, -0.2) is 4.39 Å². The van der Waals surface area contributed by atoms with Crippen LogP contribution in [-0.4, -0.2) is 19.1 Å². The van der Waals surface area contributed by atoms with Gasteiger partial charge in [0.25, 0.3) is 0 Å². The Kier molecular flexibility index (Phi) is 5.11. The van der Waals surface area contributed by atoms with Gasteiger partial charge in [-0.1, -0.05) is 36.4 Å². The minimum absolute atomic E-state index is 0.101. The summed E-state index contributed by atoms with van der Waals surface area (Å²) < 4.78 is 19.2. The van der Waals surface area contributed by atoms with Crippen molar-refractivity contribution in [3.8, 4) is 5.75 Å². The molecular weight excluding hydrogens is 307 g/mol. The van der Waals surface area contributed by atoms with Gasteiger partial charge < -0.3 is 15.8 Å². The second kappa shape index (κ2) is 7.45. The zero-order valence-corrected chi connectivity index (χ0v) is 13.4. The molecule has 0 saturated heterocycles. The van der Waals surface area contributed by atoms with Crippen LogP contribution in [-0.2, 0) is 17.8 Å². The molecule has 1 atom stereocenters. The molecule has 3 rings (SSSR count). The van der Waals surface area contributed by atoms with E-state index in [1.165, 1.54) is 11.6 Å². The third kappa shape index (κ3) is 3.57. The molecule has 126 valence electrons. The lowest BCUT2D eigenvalue weighted by atomic mass is 9.92.